The van der Waals surface area contributed by atoms with Gasteiger partial charge >= 0.3 is 12.0 Å². The number of methoxy groups -OCH3 is 1. The van der Waals surface area contributed by atoms with Crippen molar-refractivity contribution in [2.45, 2.75) is 25.7 Å². The zero-order valence-electron chi connectivity index (χ0n) is 15.7. The van der Waals surface area contributed by atoms with Gasteiger partial charge in [0.2, 0.25) is 0 Å². The number of aromatic nitrogens is 1. The van der Waals surface area contributed by atoms with E-state index in [9.17, 15) is 9.59 Å². The Labute approximate surface area is 167 Å². The van der Waals surface area contributed by atoms with Crippen molar-refractivity contribution in [2.24, 2.45) is 0 Å². The second-order valence-electron chi connectivity index (χ2n) is 6.34. The summed E-state index contributed by atoms with van der Waals surface area (Å²) in [4.78, 5) is 27.8. The Morgan fingerprint density at radius 3 is 2.75 bits per heavy atom. The molecular weight excluding hydrogens is 374 g/mol. The first-order valence-electron chi connectivity index (χ1n) is 9.23. The van der Waals surface area contributed by atoms with E-state index in [4.69, 9.17) is 0 Å². The third kappa shape index (κ3) is 5.53. The predicted molar refractivity (Wildman–Crippen MR) is 113 cm³/mol. The number of carbonyl (C=O) groups excluding carboxylic acids is 2. The van der Waals surface area contributed by atoms with Crippen LogP contribution in [0.1, 0.15) is 25.7 Å². The van der Waals surface area contributed by atoms with Crippen molar-refractivity contribution >= 4 is 39.2 Å². The lowest BCUT2D eigenvalue weighted by Gasteiger charge is -2.08. The molecule has 1 aromatic heterocycles. The van der Waals surface area contributed by atoms with Crippen LogP contribution in [0.3, 0.4) is 0 Å². The number of ether oxygens (including phenoxy) is 1. The quantitative estimate of drug-likeness (QED) is 0.422. The van der Waals surface area contributed by atoms with Gasteiger partial charge in [-0.2, -0.15) is 0 Å². The molecule has 2 aromatic carbocycles. The summed E-state index contributed by atoms with van der Waals surface area (Å²) < 4.78 is 5.74. The minimum atomic E-state index is -0.241. The van der Waals surface area contributed by atoms with E-state index in [1.807, 2.05) is 42.5 Å². The van der Waals surface area contributed by atoms with Gasteiger partial charge in [-0.15, -0.1) is 11.3 Å². The number of urea groups is 1. The fraction of sp³-hybridized carbons (Fsp3) is 0.286. The normalized spacial score (nSPS) is 10.6. The molecule has 0 saturated heterocycles. The van der Waals surface area contributed by atoms with Gasteiger partial charge in [-0.05, 0) is 37.1 Å². The van der Waals surface area contributed by atoms with E-state index in [2.05, 4.69) is 26.4 Å². The van der Waals surface area contributed by atoms with E-state index in [-0.39, 0.29) is 12.0 Å². The lowest BCUT2D eigenvalue weighted by atomic mass is 10.2. The first-order valence-corrected chi connectivity index (χ1v) is 10.0. The van der Waals surface area contributed by atoms with E-state index in [1.54, 1.807) is 11.3 Å². The molecule has 1 heterocycles. The molecule has 0 saturated carbocycles. The fourth-order valence-electron chi connectivity index (χ4n) is 2.78. The van der Waals surface area contributed by atoms with Crippen LogP contribution in [0.5, 0.6) is 0 Å². The average Bonchev–Trinajstić information content (AvgIpc) is 3.15. The monoisotopic (exact) mass is 397 g/mol. The average molecular weight is 398 g/mol. The van der Waals surface area contributed by atoms with Gasteiger partial charge in [0.05, 0.1) is 17.3 Å². The molecule has 0 spiro atoms. The number of nitrogens with one attached hydrogen (secondary N) is 2. The molecule has 7 heteroatoms. The van der Waals surface area contributed by atoms with Crippen molar-refractivity contribution in [2.75, 3.05) is 19.0 Å². The summed E-state index contributed by atoms with van der Waals surface area (Å²) in [7, 11) is 1.39. The molecule has 2 N–H and O–H groups in total. The molecule has 0 aliphatic carbocycles. The number of unbranched alkanes of at least 4 members (excludes halogenated alkanes) is 2. The van der Waals surface area contributed by atoms with Crippen LogP contribution in [-0.4, -0.2) is 30.6 Å². The highest BCUT2D eigenvalue weighted by molar-refractivity contribution is 7.21. The van der Waals surface area contributed by atoms with Crippen molar-refractivity contribution in [3.63, 3.8) is 0 Å². The number of nitrogens with zero attached hydrogens (tertiary/aromatic N) is 1. The number of rotatable bonds is 8. The standard InChI is InChI=1S/C21H23N3O3S/c1-27-19(25)12-3-2-6-13-22-21(26)23-16-9-7-8-15(14-16)20-24-17-10-4-5-11-18(17)28-20/h4-5,7-11,14H,2-3,6,12-13H2,1H3,(H2,22,23,26). The number of hydrogen-bond acceptors (Lipinski definition) is 5. The van der Waals surface area contributed by atoms with E-state index in [1.165, 1.54) is 7.11 Å². The molecule has 0 bridgehead atoms. The van der Waals surface area contributed by atoms with Crippen LogP contribution in [0.4, 0.5) is 10.5 Å². The Bertz CT molecular complexity index is 922. The first kappa shape index (κ1) is 19.8. The van der Waals surface area contributed by atoms with E-state index in [0.717, 1.165) is 45.7 Å². The zero-order chi connectivity index (χ0) is 19.8. The molecule has 146 valence electrons. The van der Waals surface area contributed by atoms with Crippen LogP contribution in [-0.2, 0) is 9.53 Å². The van der Waals surface area contributed by atoms with Gasteiger partial charge in [0.15, 0.2) is 0 Å². The Hall–Kier alpha value is -2.93. The number of hydrogen-bond donors (Lipinski definition) is 2. The summed E-state index contributed by atoms with van der Waals surface area (Å²) in [6.07, 6.45) is 2.86. The van der Waals surface area contributed by atoms with Crippen LogP contribution in [0.25, 0.3) is 20.8 Å². The summed E-state index contributed by atoms with van der Waals surface area (Å²) in [6.45, 7) is 0.560. The summed E-state index contributed by atoms with van der Waals surface area (Å²) in [5, 5.41) is 6.62. The summed E-state index contributed by atoms with van der Waals surface area (Å²) >= 11 is 1.63. The SMILES string of the molecule is COC(=O)CCCCCNC(=O)Nc1cccc(-c2nc3ccccc3s2)c1. The summed E-state index contributed by atoms with van der Waals surface area (Å²) in [5.41, 5.74) is 2.67. The van der Waals surface area contributed by atoms with Crippen LogP contribution in [0, 0.1) is 0 Å². The summed E-state index contributed by atoms with van der Waals surface area (Å²) in [5.74, 6) is -0.196. The topological polar surface area (TPSA) is 80.3 Å². The second kappa shape index (κ2) is 9.85. The Morgan fingerprint density at radius 2 is 1.93 bits per heavy atom. The smallest absolute Gasteiger partial charge is 0.319 e. The van der Waals surface area contributed by atoms with Crippen LogP contribution in [0.2, 0.25) is 0 Å². The van der Waals surface area contributed by atoms with Crippen LogP contribution in [0.15, 0.2) is 48.5 Å². The lowest BCUT2D eigenvalue weighted by molar-refractivity contribution is -0.140. The van der Waals surface area contributed by atoms with E-state index in [0.29, 0.717) is 13.0 Å². The van der Waals surface area contributed by atoms with Crippen LogP contribution < -0.4 is 10.6 Å². The highest BCUT2D eigenvalue weighted by Crippen LogP contribution is 2.31. The van der Waals surface area contributed by atoms with Gasteiger partial charge in [-0.3, -0.25) is 4.79 Å². The highest BCUT2D eigenvalue weighted by Gasteiger charge is 2.08. The number of para-hydroxylation sites is 1. The van der Waals surface area contributed by atoms with Gasteiger partial charge < -0.3 is 15.4 Å². The van der Waals surface area contributed by atoms with Gasteiger partial charge in [0, 0.05) is 24.2 Å². The minimum absolute atomic E-state index is 0.196. The molecule has 0 radical (unpaired) electrons. The molecule has 0 aliphatic heterocycles. The van der Waals surface area contributed by atoms with Crippen molar-refractivity contribution in [1.29, 1.82) is 0 Å². The third-order valence-corrected chi connectivity index (χ3v) is 5.32. The minimum Gasteiger partial charge on any atom is -0.469 e. The maximum atomic E-state index is 12.1. The molecule has 0 atom stereocenters. The molecule has 0 fully saturated rings. The lowest BCUT2D eigenvalue weighted by Crippen LogP contribution is -2.29. The van der Waals surface area contributed by atoms with Crippen LogP contribution >= 0.6 is 11.3 Å². The highest BCUT2D eigenvalue weighted by atomic mass is 32.1. The number of anilines is 1. The summed E-state index contributed by atoms with van der Waals surface area (Å²) in [6, 6.07) is 15.5. The van der Waals surface area contributed by atoms with Crippen molar-refractivity contribution in [1.82, 2.24) is 10.3 Å². The Kier molecular flexibility index (Phi) is 6.97. The molecule has 28 heavy (non-hydrogen) atoms. The maximum absolute atomic E-state index is 12.1. The number of thiazole rings is 1. The fourth-order valence-corrected chi connectivity index (χ4v) is 3.74. The molecule has 0 aliphatic rings. The second-order valence-corrected chi connectivity index (χ2v) is 7.37. The number of amides is 2. The molecular formula is C21H23N3O3S. The van der Waals surface area contributed by atoms with E-state index >= 15 is 0 Å². The molecule has 3 aromatic rings. The van der Waals surface area contributed by atoms with Gasteiger partial charge in [0.25, 0.3) is 0 Å². The third-order valence-electron chi connectivity index (χ3n) is 4.23. The maximum Gasteiger partial charge on any atom is 0.319 e. The van der Waals surface area contributed by atoms with Gasteiger partial charge in [-0.25, -0.2) is 9.78 Å². The number of carbonyl (C=O) groups is 2. The molecule has 6 nitrogen and oxygen atoms in total. The van der Waals surface area contributed by atoms with Gasteiger partial charge in [0.1, 0.15) is 5.01 Å². The largest absolute Gasteiger partial charge is 0.469 e. The Balaban J connectivity index is 1.49. The van der Waals surface area contributed by atoms with Crippen molar-refractivity contribution < 1.29 is 14.3 Å². The predicted octanol–water partition coefficient (Wildman–Crippen LogP) is 4.82. The number of esters is 1. The molecule has 3 rings (SSSR count). The van der Waals surface area contributed by atoms with E-state index < -0.39 is 0 Å². The zero-order valence-corrected chi connectivity index (χ0v) is 16.6. The van der Waals surface area contributed by atoms with Crippen molar-refractivity contribution in [3.05, 3.63) is 48.5 Å². The Morgan fingerprint density at radius 1 is 1.07 bits per heavy atom. The number of fused-ring (bicyclic) bond motifs is 1. The first-order chi connectivity index (χ1) is 13.7. The van der Waals surface area contributed by atoms with Gasteiger partial charge in [-0.1, -0.05) is 30.7 Å². The van der Waals surface area contributed by atoms with Crippen molar-refractivity contribution in [3.8, 4) is 10.6 Å². The molecule has 0 unspecified atom stereocenters. The molecule has 2 amide bonds. The number of benzene rings is 2.